The molecule has 0 aliphatic rings. The van der Waals surface area contributed by atoms with Gasteiger partial charge in [-0.05, 0) is 23.8 Å². The van der Waals surface area contributed by atoms with E-state index in [1.54, 1.807) is 12.4 Å². The van der Waals surface area contributed by atoms with Gasteiger partial charge in [-0.15, -0.1) is 11.6 Å². The molecule has 4 heteroatoms. The highest BCUT2D eigenvalue weighted by Gasteiger charge is 2.06. The molecule has 2 heterocycles. The number of hydrogen-bond acceptors (Lipinski definition) is 3. The Labute approximate surface area is 115 Å². The maximum absolute atomic E-state index is 5.99. The number of rotatable bonds is 3. The SMILES string of the molecule is ClCc1cc(Oc2cccnc2)nc2ccccc12. The lowest BCUT2D eigenvalue weighted by Crippen LogP contribution is -1.92. The van der Waals surface area contributed by atoms with E-state index in [2.05, 4.69) is 9.97 Å². The van der Waals surface area contributed by atoms with Crippen LogP contribution in [0.3, 0.4) is 0 Å². The van der Waals surface area contributed by atoms with Crippen molar-refractivity contribution in [2.45, 2.75) is 5.88 Å². The maximum atomic E-state index is 5.99. The standard InChI is InChI=1S/C15H11ClN2O/c16-9-11-8-15(19-12-4-3-7-17-10-12)18-14-6-2-1-5-13(11)14/h1-8,10H,9H2. The molecular formula is C15H11ClN2O. The average Bonchev–Trinajstić information content (AvgIpc) is 2.47. The van der Waals surface area contributed by atoms with Gasteiger partial charge in [-0.25, -0.2) is 4.98 Å². The number of ether oxygens (including phenoxy) is 1. The van der Waals surface area contributed by atoms with Crippen molar-refractivity contribution in [2.75, 3.05) is 0 Å². The van der Waals surface area contributed by atoms with Gasteiger partial charge < -0.3 is 4.74 Å². The molecule has 19 heavy (non-hydrogen) atoms. The van der Waals surface area contributed by atoms with Crippen molar-refractivity contribution < 1.29 is 4.74 Å². The Kier molecular flexibility index (Phi) is 3.29. The van der Waals surface area contributed by atoms with E-state index in [9.17, 15) is 0 Å². The molecule has 0 bridgehead atoms. The fourth-order valence-electron chi connectivity index (χ4n) is 1.91. The molecule has 0 unspecified atom stereocenters. The molecule has 0 radical (unpaired) electrons. The van der Waals surface area contributed by atoms with E-state index in [1.165, 1.54) is 0 Å². The minimum absolute atomic E-state index is 0.423. The van der Waals surface area contributed by atoms with Gasteiger partial charge in [-0.2, -0.15) is 0 Å². The van der Waals surface area contributed by atoms with Crippen molar-refractivity contribution in [3.05, 3.63) is 60.4 Å². The number of halogens is 1. The second kappa shape index (κ2) is 5.24. The van der Waals surface area contributed by atoms with E-state index < -0.39 is 0 Å². The van der Waals surface area contributed by atoms with Crippen LogP contribution in [-0.2, 0) is 5.88 Å². The van der Waals surface area contributed by atoms with Crippen LogP contribution in [0.4, 0.5) is 0 Å². The van der Waals surface area contributed by atoms with Gasteiger partial charge >= 0.3 is 0 Å². The number of nitrogens with zero attached hydrogens (tertiary/aromatic N) is 2. The van der Waals surface area contributed by atoms with Gasteiger partial charge in [0, 0.05) is 23.5 Å². The van der Waals surface area contributed by atoms with Crippen molar-refractivity contribution in [3.8, 4) is 11.6 Å². The van der Waals surface area contributed by atoms with E-state index >= 15 is 0 Å². The summed E-state index contributed by atoms with van der Waals surface area (Å²) in [7, 11) is 0. The Balaban J connectivity index is 2.05. The number of pyridine rings is 2. The lowest BCUT2D eigenvalue weighted by molar-refractivity contribution is 0.462. The summed E-state index contributed by atoms with van der Waals surface area (Å²) in [6.45, 7) is 0. The molecular weight excluding hydrogens is 260 g/mol. The quantitative estimate of drug-likeness (QED) is 0.670. The van der Waals surface area contributed by atoms with Crippen LogP contribution in [-0.4, -0.2) is 9.97 Å². The number of aromatic nitrogens is 2. The topological polar surface area (TPSA) is 35.0 Å². The molecule has 0 saturated carbocycles. The average molecular weight is 271 g/mol. The molecule has 0 atom stereocenters. The summed E-state index contributed by atoms with van der Waals surface area (Å²) < 4.78 is 5.70. The molecule has 0 spiro atoms. The first kappa shape index (κ1) is 11.9. The maximum Gasteiger partial charge on any atom is 0.220 e. The van der Waals surface area contributed by atoms with Gasteiger partial charge in [0.05, 0.1) is 11.7 Å². The summed E-state index contributed by atoms with van der Waals surface area (Å²) in [6, 6.07) is 13.4. The molecule has 3 rings (SSSR count). The first-order valence-electron chi connectivity index (χ1n) is 5.89. The smallest absolute Gasteiger partial charge is 0.220 e. The molecule has 2 aromatic heterocycles. The molecule has 0 fully saturated rings. The third-order valence-corrected chi connectivity index (χ3v) is 3.07. The van der Waals surface area contributed by atoms with Crippen LogP contribution >= 0.6 is 11.6 Å². The fraction of sp³-hybridized carbons (Fsp3) is 0.0667. The first-order chi connectivity index (χ1) is 9.36. The van der Waals surface area contributed by atoms with Crippen LogP contribution in [0, 0.1) is 0 Å². The van der Waals surface area contributed by atoms with Crippen molar-refractivity contribution in [1.82, 2.24) is 9.97 Å². The van der Waals surface area contributed by atoms with Gasteiger partial charge in [-0.1, -0.05) is 18.2 Å². The van der Waals surface area contributed by atoms with Crippen LogP contribution in [0.5, 0.6) is 11.6 Å². The molecule has 0 saturated heterocycles. The highest BCUT2D eigenvalue weighted by Crippen LogP contribution is 2.26. The van der Waals surface area contributed by atoms with Crippen LogP contribution in [0.15, 0.2) is 54.9 Å². The number of alkyl halides is 1. The summed E-state index contributed by atoms with van der Waals surface area (Å²) in [5.74, 6) is 1.61. The first-order valence-corrected chi connectivity index (χ1v) is 6.43. The highest BCUT2D eigenvalue weighted by molar-refractivity contribution is 6.18. The predicted octanol–water partition coefficient (Wildman–Crippen LogP) is 4.16. The molecule has 94 valence electrons. The van der Waals surface area contributed by atoms with Crippen LogP contribution < -0.4 is 4.74 Å². The van der Waals surface area contributed by atoms with Crippen molar-refractivity contribution in [1.29, 1.82) is 0 Å². The zero-order valence-electron chi connectivity index (χ0n) is 10.1. The van der Waals surface area contributed by atoms with Crippen molar-refractivity contribution >= 4 is 22.5 Å². The molecule has 3 aromatic rings. The second-order valence-electron chi connectivity index (χ2n) is 4.06. The van der Waals surface area contributed by atoms with E-state index in [0.29, 0.717) is 17.5 Å². The number of benzene rings is 1. The Morgan fingerprint density at radius 3 is 2.79 bits per heavy atom. The van der Waals surface area contributed by atoms with Crippen molar-refractivity contribution in [2.24, 2.45) is 0 Å². The fourth-order valence-corrected chi connectivity index (χ4v) is 2.13. The lowest BCUT2D eigenvalue weighted by Gasteiger charge is -2.08. The lowest BCUT2D eigenvalue weighted by atomic mass is 10.1. The molecule has 0 aliphatic carbocycles. The minimum Gasteiger partial charge on any atom is -0.437 e. The normalized spacial score (nSPS) is 10.6. The van der Waals surface area contributed by atoms with Gasteiger partial charge in [-0.3, -0.25) is 4.98 Å². The number of para-hydroxylation sites is 1. The molecule has 0 amide bonds. The Morgan fingerprint density at radius 2 is 2.00 bits per heavy atom. The van der Waals surface area contributed by atoms with Gasteiger partial charge in [0.25, 0.3) is 0 Å². The summed E-state index contributed by atoms with van der Waals surface area (Å²) >= 11 is 5.99. The zero-order chi connectivity index (χ0) is 13.1. The van der Waals surface area contributed by atoms with Gasteiger partial charge in [0.2, 0.25) is 5.88 Å². The molecule has 0 N–H and O–H groups in total. The van der Waals surface area contributed by atoms with E-state index in [4.69, 9.17) is 16.3 Å². The Hall–Kier alpha value is -2.13. The summed E-state index contributed by atoms with van der Waals surface area (Å²) in [5, 5.41) is 1.05. The largest absolute Gasteiger partial charge is 0.437 e. The summed E-state index contributed by atoms with van der Waals surface area (Å²) in [5.41, 5.74) is 1.88. The monoisotopic (exact) mass is 270 g/mol. The number of fused-ring (bicyclic) bond motifs is 1. The highest BCUT2D eigenvalue weighted by atomic mass is 35.5. The second-order valence-corrected chi connectivity index (χ2v) is 4.33. The zero-order valence-corrected chi connectivity index (χ0v) is 10.8. The van der Waals surface area contributed by atoms with E-state index in [-0.39, 0.29) is 0 Å². The Morgan fingerprint density at radius 1 is 1.11 bits per heavy atom. The summed E-state index contributed by atoms with van der Waals surface area (Å²) in [4.78, 5) is 8.48. The van der Waals surface area contributed by atoms with E-state index in [0.717, 1.165) is 16.5 Å². The third kappa shape index (κ3) is 2.51. The van der Waals surface area contributed by atoms with Crippen LogP contribution in [0.2, 0.25) is 0 Å². The molecule has 1 aromatic carbocycles. The minimum atomic E-state index is 0.423. The molecule has 3 nitrogen and oxygen atoms in total. The van der Waals surface area contributed by atoms with Gasteiger partial charge in [0.1, 0.15) is 5.75 Å². The third-order valence-electron chi connectivity index (χ3n) is 2.78. The van der Waals surface area contributed by atoms with Crippen LogP contribution in [0.1, 0.15) is 5.56 Å². The number of hydrogen-bond donors (Lipinski definition) is 0. The predicted molar refractivity (Wildman–Crippen MR) is 75.6 cm³/mol. The van der Waals surface area contributed by atoms with Crippen LogP contribution in [0.25, 0.3) is 10.9 Å². The van der Waals surface area contributed by atoms with Crippen molar-refractivity contribution in [3.63, 3.8) is 0 Å². The summed E-state index contributed by atoms with van der Waals surface area (Å²) in [6.07, 6.45) is 3.35. The Bertz CT molecular complexity index is 701. The molecule has 0 aliphatic heterocycles. The van der Waals surface area contributed by atoms with E-state index in [1.807, 2.05) is 42.5 Å². The van der Waals surface area contributed by atoms with Gasteiger partial charge in [0.15, 0.2) is 0 Å².